The van der Waals surface area contributed by atoms with Gasteiger partial charge in [0.1, 0.15) is 0 Å². The highest BCUT2D eigenvalue weighted by Crippen LogP contribution is 2.38. The van der Waals surface area contributed by atoms with E-state index < -0.39 is 6.04 Å². The van der Waals surface area contributed by atoms with Gasteiger partial charge < -0.3 is 10.2 Å². The monoisotopic (exact) mass is 213 g/mol. The van der Waals surface area contributed by atoms with Crippen LogP contribution < -0.4 is 0 Å². The van der Waals surface area contributed by atoms with Gasteiger partial charge in [-0.2, -0.15) is 0 Å². The molecule has 5 heteroatoms. The highest BCUT2D eigenvalue weighted by atomic mass is 16.3. The molecule has 0 aromatic rings. The summed E-state index contributed by atoms with van der Waals surface area (Å²) in [5.41, 5.74) is 0. The minimum atomic E-state index is -0.756. The fourth-order valence-electron chi connectivity index (χ4n) is 2.51. The Labute approximate surface area is 87.7 Å². The standard InChI is InChI=1S/C10H15NO4/c12-4-8(5-13)11-9(14)6-1-2-7(3-6)10(11)15/h6-8,12-13H,1-5H2. The topological polar surface area (TPSA) is 77.8 Å². The van der Waals surface area contributed by atoms with E-state index in [0.29, 0.717) is 6.42 Å². The van der Waals surface area contributed by atoms with Crippen molar-refractivity contribution in [2.24, 2.45) is 11.8 Å². The number of carbonyl (C=O) groups excluding carboxylic acids is 2. The number of aliphatic hydroxyl groups is 2. The van der Waals surface area contributed by atoms with E-state index in [2.05, 4.69) is 0 Å². The molecule has 0 aromatic heterocycles. The molecule has 0 spiro atoms. The lowest BCUT2D eigenvalue weighted by atomic mass is 9.96. The van der Waals surface area contributed by atoms with Gasteiger partial charge in [0, 0.05) is 11.8 Å². The van der Waals surface area contributed by atoms with Crippen molar-refractivity contribution >= 4 is 11.8 Å². The van der Waals surface area contributed by atoms with Gasteiger partial charge in [0.2, 0.25) is 11.8 Å². The van der Waals surface area contributed by atoms with Crippen molar-refractivity contribution in [2.75, 3.05) is 13.2 Å². The predicted molar refractivity (Wildman–Crippen MR) is 50.6 cm³/mol. The lowest BCUT2D eigenvalue weighted by Gasteiger charge is -2.34. The third-order valence-electron chi connectivity index (χ3n) is 3.39. The fourth-order valence-corrected chi connectivity index (χ4v) is 2.51. The van der Waals surface area contributed by atoms with E-state index in [1.54, 1.807) is 0 Å². The first-order valence-corrected chi connectivity index (χ1v) is 5.27. The van der Waals surface area contributed by atoms with Crippen LogP contribution in [-0.2, 0) is 9.59 Å². The number of hydrogen-bond donors (Lipinski definition) is 2. The van der Waals surface area contributed by atoms with E-state index >= 15 is 0 Å². The van der Waals surface area contributed by atoms with Gasteiger partial charge in [-0.05, 0) is 19.3 Å². The summed E-state index contributed by atoms with van der Waals surface area (Å²) in [6.07, 6.45) is 2.17. The van der Waals surface area contributed by atoms with Crippen LogP contribution >= 0.6 is 0 Å². The highest BCUT2D eigenvalue weighted by molar-refractivity contribution is 6.01. The number of carbonyl (C=O) groups is 2. The molecule has 2 bridgehead atoms. The quantitative estimate of drug-likeness (QED) is 0.597. The fraction of sp³-hybridized carbons (Fsp3) is 0.800. The summed E-state index contributed by atoms with van der Waals surface area (Å²) in [6.45, 7) is -0.735. The van der Waals surface area contributed by atoms with Crippen LogP contribution in [0.4, 0.5) is 0 Å². The van der Waals surface area contributed by atoms with Crippen molar-refractivity contribution < 1.29 is 19.8 Å². The molecular formula is C10H15NO4. The summed E-state index contributed by atoms with van der Waals surface area (Å²) < 4.78 is 0. The van der Waals surface area contributed by atoms with Crippen molar-refractivity contribution in [1.29, 1.82) is 0 Å². The summed E-state index contributed by atoms with van der Waals surface area (Å²) in [5.74, 6) is -0.592. The number of hydrogen-bond acceptors (Lipinski definition) is 4. The third kappa shape index (κ3) is 1.55. The minimum Gasteiger partial charge on any atom is -0.394 e. The van der Waals surface area contributed by atoms with E-state index in [4.69, 9.17) is 10.2 Å². The predicted octanol–water partition coefficient (Wildman–Crippen LogP) is -0.875. The van der Waals surface area contributed by atoms with Gasteiger partial charge in [-0.15, -0.1) is 0 Å². The van der Waals surface area contributed by atoms with Crippen molar-refractivity contribution in [3.8, 4) is 0 Å². The van der Waals surface area contributed by atoms with Crippen molar-refractivity contribution in [3.05, 3.63) is 0 Å². The molecule has 1 aliphatic carbocycles. The van der Waals surface area contributed by atoms with E-state index in [1.807, 2.05) is 0 Å². The number of nitrogens with zero attached hydrogens (tertiary/aromatic N) is 1. The smallest absolute Gasteiger partial charge is 0.232 e. The average Bonchev–Trinajstić information content (AvgIpc) is 2.68. The molecule has 2 amide bonds. The van der Waals surface area contributed by atoms with E-state index in [1.165, 1.54) is 0 Å². The first-order valence-electron chi connectivity index (χ1n) is 5.27. The van der Waals surface area contributed by atoms with Crippen molar-refractivity contribution in [3.63, 3.8) is 0 Å². The summed E-state index contributed by atoms with van der Waals surface area (Å²) in [7, 11) is 0. The van der Waals surface area contributed by atoms with Crippen LogP contribution in [0.1, 0.15) is 19.3 Å². The maximum absolute atomic E-state index is 11.8. The number of rotatable bonds is 3. The van der Waals surface area contributed by atoms with Crippen molar-refractivity contribution in [1.82, 2.24) is 4.90 Å². The van der Waals surface area contributed by atoms with Crippen LogP contribution in [0.25, 0.3) is 0 Å². The van der Waals surface area contributed by atoms with Gasteiger partial charge in [0.15, 0.2) is 0 Å². The van der Waals surface area contributed by atoms with Crippen molar-refractivity contribution in [2.45, 2.75) is 25.3 Å². The second kappa shape index (κ2) is 3.90. The van der Waals surface area contributed by atoms with Crippen LogP contribution in [0.5, 0.6) is 0 Å². The molecule has 1 saturated heterocycles. The van der Waals surface area contributed by atoms with E-state index in [9.17, 15) is 9.59 Å². The molecule has 2 atom stereocenters. The largest absolute Gasteiger partial charge is 0.394 e. The van der Waals surface area contributed by atoms with Gasteiger partial charge in [0.25, 0.3) is 0 Å². The van der Waals surface area contributed by atoms with Gasteiger partial charge in [0.05, 0.1) is 19.3 Å². The number of amides is 2. The summed E-state index contributed by atoms with van der Waals surface area (Å²) in [6, 6.07) is -0.756. The molecule has 2 rings (SSSR count). The SMILES string of the molecule is O=C1C2CCC(C2)C(=O)N1C(CO)CO. The highest BCUT2D eigenvalue weighted by Gasteiger charge is 2.47. The van der Waals surface area contributed by atoms with Crippen LogP contribution in [0.3, 0.4) is 0 Å². The molecule has 0 radical (unpaired) electrons. The Balaban J connectivity index is 2.22. The van der Waals surface area contributed by atoms with E-state index in [-0.39, 0.29) is 36.9 Å². The second-order valence-corrected chi connectivity index (χ2v) is 4.27. The maximum atomic E-state index is 11.8. The Morgan fingerprint density at radius 2 is 1.60 bits per heavy atom. The maximum Gasteiger partial charge on any atom is 0.232 e. The molecule has 0 aromatic carbocycles. The molecule has 1 saturated carbocycles. The van der Waals surface area contributed by atoms with E-state index in [0.717, 1.165) is 17.7 Å². The second-order valence-electron chi connectivity index (χ2n) is 4.27. The number of fused-ring (bicyclic) bond motifs is 2. The summed E-state index contributed by atoms with van der Waals surface area (Å²) >= 11 is 0. The third-order valence-corrected chi connectivity index (χ3v) is 3.39. The molecule has 2 N–H and O–H groups in total. The molecular weight excluding hydrogens is 198 g/mol. The first kappa shape index (κ1) is 10.6. The normalized spacial score (nSPS) is 30.5. The summed E-state index contributed by atoms with van der Waals surface area (Å²) in [5, 5.41) is 18.0. The number of likely N-dealkylation sites (tertiary alicyclic amines) is 1. The zero-order valence-corrected chi connectivity index (χ0v) is 8.43. The van der Waals surface area contributed by atoms with Gasteiger partial charge >= 0.3 is 0 Å². The van der Waals surface area contributed by atoms with Gasteiger partial charge in [-0.25, -0.2) is 0 Å². The zero-order chi connectivity index (χ0) is 11.0. The van der Waals surface area contributed by atoms with Crippen LogP contribution in [0, 0.1) is 11.8 Å². The Bertz CT molecular complexity index is 265. The molecule has 5 nitrogen and oxygen atoms in total. The summed E-state index contributed by atoms with van der Waals surface area (Å²) in [4.78, 5) is 24.7. The Morgan fingerprint density at radius 1 is 1.13 bits per heavy atom. The number of aliphatic hydroxyl groups excluding tert-OH is 2. The van der Waals surface area contributed by atoms with Crippen LogP contribution in [0.2, 0.25) is 0 Å². The molecule has 2 aliphatic rings. The molecule has 84 valence electrons. The lowest BCUT2D eigenvalue weighted by molar-refractivity contribution is -0.158. The Hall–Kier alpha value is -0.940. The number of imide groups is 1. The first-order chi connectivity index (χ1) is 7.19. The Kier molecular flexibility index (Phi) is 2.75. The average molecular weight is 213 g/mol. The molecule has 15 heavy (non-hydrogen) atoms. The lowest BCUT2D eigenvalue weighted by Crippen LogP contribution is -2.54. The van der Waals surface area contributed by atoms with Crippen LogP contribution in [0.15, 0.2) is 0 Å². The number of piperidine rings is 1. The Morgan fingerprint density at radius 3 is 2.00 bits per heavy atom. The van der Waals surface area contributed by atoms with Gasteiger partial charge in [-0.3, -0.25) is 14.5 Å². The molecule has 1 heterocycles. The zero-order valence-electron chi connectivity index (χ0n) is 8.43. The van der Waals surface area contributed by atoms with Gasteiger partial charge in [-0.1, -0.05) is 0 Å². The molecule has 2 fully saturated rings. The minimum absolute atomic E-state index is 0.0756. The molecule has 1 aliphatic heterocycles. The molecule has 2 unspecified atom stereocenters. The van der Waals surface area contributed by atoms with Crippen LogP contribution in [-0.4, -0.2) is 46.2 Å².